The summed E-state index contributed by atoms with van der Waals surface area (Å²) in [6, 6.07) is 6.33. The van der Waals surface area contributed by atoms with Crippen LogP contribution in [-0.4, -0.2) is 44.0 Å². The molecule has 1 saturated heterocycles. The van der Waals surface area contributed by atoms with Gasteiger partial charge in [0, 0.05) is 43.0 Å². The van der Waals surface area contributed by atoms with Gasteiger partial charge in [-0.1, -0.05) is 19.8 Å². The van der Waals surface area contributed by atoms with Crippen LogP contribution in [0.15, 0.2) is 18.2 Å². The normalized spacial score (nSPS) is 21.4. The first-order valence-corrected chi connectivity index (χ1v) is 8.83. The van der Waals surface area contributed by atoms with E-state index in [2.05, 4.69) is 54.2 Å². The number of nitrogens with zero attached hydrogens (tertiary/aromatic N) is 2. The van der Waals surface area contributed by atoms with E-state index in [-0.39, 0.29) is 11.3 Å². The highest BCUT2D eigenvalue weighted by Crippen LogP contribution is 2.38. The summed E-state index contributed by atoms with van der Waals surface area (Å²) in [5.41, 5.74) is 3.29. The Morgan fingerprint density at radius 1 is 1.13 bits per heavy atom. The van der Waals surface area contributed by atoms with Crippen LogP contribution in [0.3, 0.4) is 0 Å². The Bertz CT molecular complexity index is 570. The standard InChI is InChI=1S/C19H29N3O/c1-15-14-16(20-18(23)19(2)8-4-5-9-19)6-7-17(15)22-12-10-21(3)11-13-22/h6-7,14H,4-5,8-13H2,1-3H3,(H,20,23). The van der Waals surface area contributed by atoms with Crippen molar-refractivity contribution in [3.8, 4) is 0 Å². The van der Waals surface area contributed by atoms with Crippen molar-refractivity contribution in [1.29, 1.82) is 0 Å². The molecule has 126 valence electrons. The van der Waals surface area contributed by atoms with Gasteiger partial charge in [-0.25, -0.2) is 0 Å². The maximum Gasteiger partial charge on any atom is 0.230 e. The lowest BCUT2D eigenvalue weighted by Crippen LogP contribution is -2.44. The number of likely N-dealkylation sites (N-methyl/N-ethyl adjacent to an activating group) is 1. The van der Waals surface area contributed by atoms with Crippen molar-refractivity contribution in [3.63, 3.8) is 0 Å². The lowest BCUT2D eigenvalue weighted by Gasteiger charge is -2.35. The average molecular weight is 315 g/mol. The molecule has 1 aliphatic heterocycles. The SMILES string of the molecule is Cc1cc(NC(=O)C2(C)CCCC2)ccc1N1CCN(C)CC1. The number of hydrogen-bond donors (Lipinski definition) is 1. The highest BCUT2D eigenvalue weighted by Gasteiger charge is 2.36. The van der Waals surface area contributed by atoms with Crippen molar-refractivity contribution < 1.29 is 4.79 Å². The van der Waals surface area contributed by atoms with E-state index in [0.717, 1.165) is 44.7 Å². The van der Waals surface area contributed by atoms with Crippen LogP contribution in [0.5, 0.6) is 0 Å². The Labute approximate surface area is 139 Å². The molecule has 4 nitrogen and oxygen atoms in total. The Balaban J connectivity index is 1.68. The van der Waals surface area contributed by atoms with Crippen LogP contribution in [-0.2, 0) is 4.79 Å². The van der Waals surface area contributed by atoms with E-state index in [1.807, 2.05) is 0 Å². The summed E-state index contributed by atoms with van der Waals surface area (Å²) in [5.74, 6) is 0.182. The van der Waals surface area contributed by atoms with Gasteiger partial charge in [-0.15, -0.1) is 0 Å². The number of aryl methyl sites for hydroxylation is 1. The first kappa shape index (κ1) is 16.3. The summed E-state index contributed by atoms with van der Waals surface area (Å²) in [4.78, 5) is 17.4. The number of benzene rings is 1. The molecule has 0 spiro atoms. The maximum atomic E-state index is 12.5. The number of hydrogen-bond acceptors (Lipinski definition) is 3. The molecule has 1 heterocycles. The molecular formula is C19H29N3O. The fourth-order valence-electron chi connectivity index (χ4n) is 3.80. The fourth-order valence-corrected chi connectivity index (χ4v) is 3.80. The van der Waals surface area contributed by atoms with Crippen molar-refractivity contribution in [3.05, 3.63) is 23.8 Å². The van der Waals surface area contributed by atoms with Crippen LogP contribution in [0.4, 0.5) is 11.4 Å². The van der Waals surface area contributed by atoms with Gasteiger partial charge in [0.2, 0.25) is 5.91 Å². The minimum absolute atomic E-state index is 0.177. The second-order valence-electron chi connectivity index (χ2n) is 7.51. The number of piperazine rings is 1. The zero-order valence-electron chi connectivity index (χ0n) is 14.7. The zero-order valence-corrected chi connectivity index (χ0v) is 14.7. The summed E-state index contributed by atoms with van der Waals surface area (Å²) in [5, 5.41) is 3.14. The molecule has 1 saturated carbocycles. The van der Waals surface area contributed by atoms with Gasteiger partial charge in [-0.05, 0) is 50.6 Å². The molecule has 1 aromatic rings. The number of carbonyl (C=O) groups excluding carboxylic acids is 1. The number of carbonyl (C=O) groups is 1. The number of rotatable bonds is 3. The van der Waals surface area contributed by atoms with E-state index in [1.165, 1.54) is 24.1 Å². The summed E-state index contributed by atoms with van der Waals surface area (Å²) in [6.07, 6.45) is 4.37. The molecule has 3 rings (SSSR count). The summed E-state index contributed by atoms with van der Waals surface area (Å²) in [6.45, 7) is 8.59. The molecule has 0 bridgehead atoms. The first-order valence-electron chi connectivity index (χ1n) is 8.83. The predicted molar refractivity (Wildman–Crippen MR) is 96.1 cm³/mol. The molecule has 0 atom stereocenters. The van der Waals surface area contributed by atoms with Gasteiger partial charge < -0.3 is 15.1 Å². The molecule has 2 fully saturated rings. The molecule has 1 aliphatic carbocycles. The van der Waals surface area contributed by atoms with Gasteiger partial charge >= 0.3 is 0 Å². The first-order chi connectivity index (χ1) is 11.0. The average Bonchev–Trinajstić information content (AvgIpc) is 2.97. The third-order valence-corrected chi connectivity index (χ3v) is 5.55. The molecule has 2 aliphatic rings. The van der Waals surface area contributed by atoms with E-state index in [9.17, 15) is 4.79 Å². The van der Waals surface area contributed by atoms with E-state index < -0.39 is 0 Å². The van der Waals surface area contributed by atoms with Crippen molar-refractivity contribution in [1.82, 2.24) is 4.90 Å². The topological polar surface area (TPSA) is 35.6 Å². The third kappa shape index (κ3) is 3.52. The molecule has 0 radical (unpaired) electrons. The number of amides is 1. The highest BCUT2D eigenvalue weighted by atomic mass is 16.2. The summed E-state index contributed by atoms with van der Waals surface area (Å²) < 4.78 is 0. The van der Waals surface area contributed by atoms with Gasteiger partial charge in [-0.3, -0.25) is 4.79 Å². The maximum absolute atomic E-state index is 12.5. The van der Waals surface area contributed by atoms with Crippen LogP contribution in [0, 0.1) is 12.3 Å². The van der Waals surface area contributed by atoms with Crippen LogP contribution in [0.2, 0.25) is 0 Å². The molecule has 23 heavy (non-hydrogen) atoms. The van der Waals surface area contributed by atoms with Gasteiger partial charge in [0.05, 0.1) is 0 Å². The molecule has 0 aromatic heterocycles. The Hall–Kier alpha value is -1.55. The minimum Gasteiger partial charge on any atom is -0.369 e. The summed E-state index contributed by atoms with van der Waals surface area (Å²) >= 11 is 0. The van der Waals surface area contributed by atoms with Crippen LogP contribution >= 0.6 is 0 Å². The van der Waals surface area contributed by atoms with Gasteiger partial charge in [-0.2, -0.15) is 0 Å². The van der Waals surface area contributed by atoms with Gasteiger partial charge in [0.15, 0.2) is 0 Å². The molecule has 4 heteroatoms. The third-order valence-electron chi connectivity index (χ3n) is 5.55. The Kier molecular flexibility index (Phi) is 4.62. The van der Waals surface area contributed by atoms with E-state index >= 15 is 0 Å². The van der Waals surface area contributed by atoms with E-state index in [4.69, 9.17) is 0 Å². The van der Waals surface area contributed by atoms with Crippen molar-refractivity contribution in [2.45, 2.75) is 39.5 Å². The molecular weight excluding hydrogens is 286 g/mol. The molecule has 1 N–H and O–H groups in total. The second kappa shape index (κ2) is 6.52. The Morgan fingerprint density at radius 2 is 1.78 bits per heavy atom. The fraction of sp³-hybridized carbons (Fsp3) is 0.632. The van der Waals surface area contributed by atoms with Crippen LogP contribution in [0.1, 0.15) is 38.2 Å². The van der Waals surface area contributed by atoms with Gasteiger partial charge in [0.25, 0.3) is 0 Å². The lowest BCUT2D eigenvalue weighted by molar-refractivity contribution is -0.124. The summed E-state index contributed by atoms with van der Waals surface area (Å²) in [7, 11) is 2.17. The smallest absolute Gasteiger partial charge is 0.230 e. The van der Waals surface area contributed by atoms with E-state index in [1.54, 1.807) is 0 Å². The quantitative estimate of drug-likeness (QED) is 0.930. The van der Waals surface area contributed by atoms with Crippen molar-refractivity contribution >= 4 is 17.3 Å². The van der Waals surface area contributed by atoms with Crippen molar-refractivity contribution in [2.75, 3.05) is 43.4 Å². The van der Waals surface area contributed by atoms with Crippen LogP contribution in [0.25, 0.3) is 0 Å². The predicted octanol–water partition coefficient (Wildman–Crippen LogP) is 3.27. The van der Waals surface area contributed by atoms with E-state index in [0.29, 0.717) is 0 Å². The number of anilines is 2. The largest absolute Gasteiger partial charge is 0.369 e. The molecule has 0 unspecified atom stereocenters. The lowest BCUT2D eigenvalue weighted by atomic mass is 9.88. The Morgan fingerprint density at radius 3 is 2.39 bits per heavy atom. The molecule has 1 amide bonds. The second-order valence-corrected chi connectivity index (χ2v) is 7.51. The highest BCUT2D eigenvalue weighted by molar-refractivity contribution is 5.95. The number of nitrogens with one attached hydrogen (secondary N) is 1. The zero-order chi connectivity index (χ0) is 16.4. The minimum atomic E-state index is -0.177. The van der Waals surface area contributed by atoms with Crippen molar-refractivity contribution in [2.24, 2.45) is 5.41 Å². The monoisotopic (exact) mass is 315 g/mol. The molecule has 1 aromatic carbocycles. The van der Waals surface area contributed by atoms with Crippen LogP contribution < -0.4 is 10.2 Å². The van der Waals surface area contributed by atoms with Gasteiger partial charge in [0.1, 0.15) is 0 Å².